The Kier molecular flexibility index (Phi) is 2.74. The Bertz CT molecular complexity index is 760. The normalized spacial score (nSPS) is 17.4. The summed E-state index contributed by atoms with van der Waals surface area (Å²) < 4.78 is 0. The van der Waals surface area contributed by atoms with Crippen LogP contribution in [0.1, 0.15) is 22.3 Å². The van der Waals surface area contributed by atoms with Crippen molar-refractivity contribution >= 4 is 52.6 Å². The zero-order chi connectivity index (χ0) is 14.8. The Hall–Kier alpha value is -1.35. The molecule has 5 heteroatoms. The zero-order valence-electron chi connectivity index (χ0n) is 11.7. The van der Waals surface area contributed by atoms with Gasteiger partial charge in [0.15, 0.2) is 10.6 Å². The van der Waals surface area contributed by atoms with Crippen LogP contribution in [0, 0.1) is 13.8 Å². The highest BCUT2D eigenvalue weighted by molar-refractivity contribution is 7.93. The molecule has 2 aliphatic rings. The van der Waals surface area contributed by atoms with Gasteiger partial charge in [-0.2, -0.15) is 0 Å². The summed E-state index contributed by atoms with van der Waals surface area (Å²) in [4.78, 5) is 1.65. The molecule has 2 aromatic rings. The van der Waals surface area contributed by atoms with Crippen LogP contribution in [0.5, 0.6) is 0 Å². The van der Waals surface area contributed by atoms with E-state index in [1.54, 1.807) is 0 Å². The Morgan fingerprint density at radius 2 is 1.19 bits per heavy atom. The van der Waals surface area contributed by atoms with Gasteiger partial charge in [0, 0.05) is 0 Å². The highest BCUT2D eigenvalue weighted by Gasteiger charge is 2.59. The van der Waals surface area contributed by atoms with Crippen LogP contribution in [0.15, 0.2) is 36.4 Å². The molecular formula is C16H14N2PS2+. The fourth-order valence-electron chi connectivity index (χ4n) is 3.36. The Morgan fingerprint density at radius 1 is 0.762 bits per heavy atom. The smallest absolute Gasteiger partial charge is 0.220 e. The molecule has 1 spiro atoms. The van der Waals surface area contributed by atoms with E-state index in [4.69, 9.17) is 24.4 Å². The molecule has 2 heterocycles. The second kappa shape index (κ2) is 4.33. The van der Waals surface area contributed by atoms with Gasteiger partial charge >= 0.3 is 0 Å². The molecule has 2 N–H and O–H groups in total. The van der Waals surface area contributed by atoms with E-state index in [2.05, 4.69) is 60.4 Å². The molecule has 0 aromatic heterocycles. The fraction of sp³-hybridized carbons (Fsp3) is 0.125. The summed E-state index contributed by atoms with van der Waals surface area (Å²) in [7, 11) is -1.95. The minimum absolute atomic E-state index is 0.827. The molecule has 0 unspecified atom stereocenters. The van der Waals surface area contributed by atoms with E-state index in [0.717, 1.165) is 21.1 Å². The van der Waals surface area contributed by atoms with E-state index < -0.39 is 7.56 Å². The quantitative estimate of drug-likeness (QED) is 0.573. The molecule has 2 aliphatic heterocycles. The van der Waals surface area contributed by atoms with Crippen LogP contribution in [-0.4, -0.2) is 9.98 Å². The third-order valence-corrected chi connectivity index (χ3v) is 8.77. The fourth-order valence-corrected chi connectivity index (χ4v) is 8.56. The molecular weight excluding hydrogens is 315 g/mol. The van der Waals surface area contributed by atoms with Crippen LogP contribution in [0.3, 0.4) is 0 Å². The van der Waals surface area contributed by atoms with E-state index in [-0.39, 0.29) is 0 Å². The molecule has 2 aromatic carbocycles. The first-order valence-electron chi connectivity index (χ1n) is 6.79. The van der Waals surface area contributed by atoms with Crippen LogP contribution in [0.4, 0.5) is 0 Å². The molecule has 2 nitrogen and oxygen atoms in total. The van der Waals surface area contributed by atoms with Crippen molar-refractivity contribution in [1.29, 1.82) is 0 Å². The number of fused-ring (bicyclic) bond motifs is 4. The van der Waals surface area contributed by atoms with Crippen molar-refractivity contribution in [1.82, 2.24) is 10.2 Å². The summed E-state index contributed by atoms with van der Waals surface area (Å²) in [5, 5.41) is 9.83. The summed E-state index contributed by atoms with van der Waals surface area (Å²) in [5.41, 5.74) is 4.81. The molecule has 0 radical (unpaired) electrons. The third-order valence-electron chi connectivity index (χ3n) is 4.17. The van der Waals surface area contributed by atoms with Crippen LogP contribution in [-0.2, 0) is 0 Å². The molecule has 0 amide bonds. The maximum atomic E-state index is 5.59. The second-order valence-corrected chi connectivity index (χ2v) is 8.99. The summed E-state index contributed by atoms with van der Waals surface area (Å²) in [5.74, 6) is 0. The standard InChI is InChI=1S/C16H13N2PS2/c1-9-5-3-7-11-13(9)19(17-15(11)20)14-10(2)6-4-8-12(14)16(21)18-19/h3-8H,1-2H3,(H-,17,18,20,21)/p+1. The van der Waals surface area contributed by atoms with Crippen LogP contribution >= 0.6 is 32.0 Å². The first kappa shape index (κ1) is 13.3. The molecule has 0 aliphatic carbocycles. The topological polar surface area (TPSA) is 24.1 Å². The summed E-state index contributed by atoms with van der Waals surface area (Å²) >= 11 is 11.2. The molecule has 0 saturated carbocycles. The lowest BCUT2D eigenvalue weighted by Crippen LogP contribution is -2.35. The Morgan fingerprint density at radius 3 is 1.62 bits per heavy atom. The predicted molar refractivity (Wildman–Crippen MR) is 98.2 cm³/mol. The van der Waals surface area contributed by atoms with Gasteiger partial charge in [-0.3, -0.25) is 0 Å². The lowest BCUT2D eigenvalue weighted by Gasteiger charge is -2.19. The maximum absolute atomic E-state index is 5.59. The molecule has 0 saturated heterocycles. The van der Waals surface area contributed by atoms with Gasteiger partial charge in [-0.25, -0.2) is 10.2 Å². The van der Waals surface area contributed by atoms with E-state index >= 15 is 0 Å². The van der Waals surface area contributed by atoms with E-state index in [1.165, 1.54) is 21.7 Å². The molecule has 0 atom stereocenters. The van der Waals surface area contributed by atoms with Gasteiger partial charge < -0.3 is 0 Å². The Labute approximate surface area is 135 Å². The van der Waals surface area contributed by atoms with E-state index in [0.29, 0.717) is 0 Å². The van der Waals surface area contributed by atoms with Gasteiger partial charge in [-0.05, 0) is 37.1 Å². The molecule has 104 valence electrons. The van der Waals surface area contributed by atoms with Crippen molar-refractivity contribution in [3.63, 3.8) is 0 Å². The second-order valence-electron chi connectivity index (χ2n) is 5.49. The van der Waals surface area contributed by atoms with Gasteiger partial charge in [0.2, 0.25) is 0 Å². The lowest BCUT2D eigenvalue weighted by molar-refractivity contribution is 1.42. The number of nitrogens with one attached hydrogen (secondary N) is 2. The van der Waals surface area contributed by atoms with E-state index in [9.17, 15) is 0 Å². The average molecular weight is 329 g/mol. The number of hydrogen-bond donors (Lipinski definition) is 2. The first-order valence-corrected chi connectivity index (χ1v) is 9.40. The minimum atomic E-state index is -1.95. The van der Waals surface area contributed by atoms with Gasteiger partial charge in [0.25, 0.3) is 7.56 Å². The van der Waals surface area contributed by atoms with Gasteiger partial charge in [-0.15, -0.1) is 0 Å². The monoisotopic (exact) mass is 329 g/mol. The van der Waals surface area contributed by atoms with Crippen molar-refractivity contribution in [3.8, 4) is 0 Å². The average Bonchev–Trinajstić information content (AvgIpc) is 2.88. The van der Waals surface area contributed by atoms with Crippen LogP contribution in [0.25, 0.3) is 0 Å². The number of aryl methyl sites for hydroxylation is 2. The highest BCUT2D eigenvalue weighted by Crippen LogP contribution is 2.57. The number of rotatable bonds is 0. The SMILES string of the molecule is Cc1cccc2c1[P+]1(NC2=S)NC(=S)c2cccc(C)c21. The number of thiocarbonyl (C=S) groups is 2. The predicted octanol–water partition coefficient (Wildman–Crippen LogP) is 2.66. The van der Waals surface area contributed by atoms with Gasteiger partial charge in [-0.1, -0.05) is 48.7 Å². The zero-order valence-corrected chi connectivity index (χ0v) is 14.3. The van der Waals surface area contributed by atoms with Gasteiger partial charge in [0.1, 0.15) is 9.98 Å². The number of benzene rings is 2. The van der Waals surface area contributed by atoms with Crippen molar-refractivity contribution in [2.75, 3.05) is 0 Å². The Balaban J connectivity index is 2.11. The molecule has 4 rings (SSSR count). The van der Waals surface area contributed by atoms with Gasteiger partial charge in [0.05, 0.1) is 11.1 Å². The van der Waals surface area contributed by atoms with Crippen molar-refractivity contribution < 1.29 is 0 Å². The lowest BCUT2D eigenvalue weighted by atomic mass is 10.1. The van der Waals surface area contributed by atoms with Crippen molar-refractivity contribution in [3.05, 3.63) is 58.7 Å². The molecule has 0 bridgehead atoms. The van der Waals surface area contributed by atoms with Crippen molar-refractivity contribution in [2.24, 2.45) is 0 Å². The number of hydrogen-bond acceptors (Lipinski definition) is 2. The molecule has 21 heavy (non-hydrogen) atoms. The molecule has 0 fully saturated rings. The third kappa shape index (κ3) is 1.61. The van der Waals surface area contributed by atoms with Crippen LogP contribution < -0.4 is 20.8 Å². The summed E-state index contributed by atoms with van der Waals surface area (Å²) in [6.45, 7) is 4.30. The minimum Gasteiger partial charge on any atom is -0.220 e. The summed E-state index contributed by atoms with van der Waals surface area (Å²) in [6.07, 6.45) is 0. The van der Waals surface area contributed by atoms with Crippen molar-refractivity contribution in [2.45, 2.75) is 13.8 Å². The van der Waals surface area contributed by atoms with E-state index in [1.807, 2.05) is 0 Å². The largest absolute Gasteiger partial charge is 0.261 e. The highest BCUT2D eigenvalue weighted by atomic mass is 32.1. The maximum Gasteiger partial charge on any atom is 0.261 e. The summed E-state index contributed by atoms with van der Waals surface area (Å²) in [6, 6.07) is 12.6. The first-order chi connectivity index (χ1) is 10.0. The van der Waals surface area contributed by atoms with Crippen LogP contribution in [0.2, 0.25) is 0 Å².